The monoisotopic (exact) mass is 293 g/mol. The van der Waals surface area contributed by atoms with Crippen molar-refractivity contribution in [3.8, 4) is 6.07 Å². The minimum Gasteiger partial charge on any atom is -0.394 e. The summed E-state index contributed by atoms with van der Waals surface area (Å²) in [6.07, 6.45) is 1.16. The number of aromatic nitrogens is 2. The molecule has 0 aromatic carbocycles. The molecule has 1 aromatic heterocycles. The van der Waals surface area contributed by atoms with E-state index in [0.29, 0.717) is 5.56 Å². The van der Waals surface area contributed by atoms with Crippen LogP contribution in [0, 0.1) is 18.3 Å². The standard InChI is InChI=1S/C13H15N3O5/c1-8-6-16(11-5-9(18)10(7-17)21-11)13(20)15(12(8)19)4-2-3-14/h2,4,6,9-11,17-18H,5,7H2,1H3. The fraction of sp³-hybridized carbons (Fsp3) is 0.462. The van der Waals surface area contributed by atoms with Gasteiger partial charge < -0.3 is 14.9 Å². The Bertz CT molecular complexity index is 712. The Balaban J connectivity index is 2.50. The van der Waals surface area contributed by atoms with Crippen molar-refractivity contribution in [2.45, 2.75) is 31.8 Å². The average molecular weight is 293 g/mol. The fourth-order valence-electron chi connectivity index (χ4n) is 2.22. The van der Waals surface area contributed by atoms with Crippen LogP contribution in [0.4, 0.5) is 0 Å². The number of nitriles is 1. The number of allylic oxidation sites excluding steroid dienone is 1. The minimum atomic E-state index is -0.887. The lowest BCUT2D eigenvalue weighted by molar-refractivity contribution is -0.0461. The van der Waals surface area contributed by atoms with Crippen molar-refractivity contribution in [1.82, 2.24) is 9.13 Å². The number of hydrogen-bond acceptors (Lipinski definition) is 6. The van der Waals surface area contributed by atoms with Crippen LogP contribution in [0.15, 0.2) is 21.9 Å². The minimum absolute atomic E-state index is 0.130. The zero-order chi connectivity index (χ0) is 15.6. The zero-order valence-corrected chi connectivity index (χ0v) is 11.3. The van der Waals surface area contributed by atoms with Gasteiger partial charge in [0.25, 0.3) is 5.56 Å². The highest BCUT2D eigenvalue weighted by Gasteiger charge is 2.35. The first kappa shape index (κ1) is 15.2. The van der Waals surface area contributed by atoms with E-state index in [9.17, 15) is 14.7 Å². The van der Waals surface area contributed by atoms with E-state index in [1.807, 2.05) is 0 Å². The van der Waals surface area contributed by atoms with Crippen molar-refractivity contribution >= 4 is 6.20 Å². The van der Waals surface area contributed by atoms with Crippen molar-refractivity contribution in [3.63, 3.8) is 0 Å². The molecule has 0 saturated carbocycles. The number of hydrogen-bond donors (Lipinski definition) is 2. The van der Waals surface area contributed by atoms with Crippen molar-refractivity contribution in [2.75, 3.05) is 6.61 Å². The summed E-state index contributed by atoms with van der Waals surface area (Å²) in [5.74, 6) is 0. The van der Waals surface area contributed by atoms with E-state index in [4.69, 9.17) is 15.1 Å². The van der Waals surface area contributed by atoms with E-state index >= 15 is 0 Å². The molecule has 8 heteroatoms. The maximum atomic E-state index is 12.3. The zero-order valence-electron chi connectivity index (χ0n) is 11.3. The Labute approximate surface area is 119 Å². The van der Waals surface area contributed by atoms with E-state index in [1.54, 1.807) is 6.07 Å². The first-order valence-electron chi connectivity index (χ1n) is 6.34. The van der Waals surface area contributed by atoms with Gasteiger partial charge in [-0.1, -0.05) is 0 Å². The summed E-state index contributed by atoms with van der Waals surface area (Å²) in [7, 11) is 0. The quantitative estimate of drug-likeness (QED) is 0.687. The molecule has 3 atom stereocenters. The first-order chi connectivity index (χ1) is 9.99. The molecule has 21 heavy (non-hydrogen) atoms. The average Bonchev–Trinajstić information content (AvgIpc) is 2.84. The summed E-state index contributed by atoms with van der Waals surface area (Å²) in [6, 6.07) is 1.71. The van der Waals surface area contributed by atoms with Crippen LogP contribution in [-0.2, 0) is 4.74 Å². The summed E-state index contributed by atoms with van der Waals surface area (Å²) in [5.41, 5.74) is -0.907. The van der Waals surface area contributed by atoms with Crippen LogP contribution in [0.5, 0.6) is 0 Å². The lowest BCUT2D eigenvalue weighted by Crippen LogP contribution is -2.39. The predicted octanol–water partition coefficient (Wildman–Crippen LogP) is -1.05. The van der Waals surface area contributed by atoms with Crippen molar-refractivity contribution < 1.29 is 14.9 Å². The molecule has 1 saturated heterocycles. The normalized spacial score (nSPS) is 25.3. The van der Waals surface area contributed by atoms with Gasteiger partial charge in [0, 0.05) is 30.5 Å². The number of aliphatic hydroxyl groups excluding tert-OH is 2. The van der Waals surface area contributed by atoms with Gasteiger partial charge in [-0.05, 0) is 6.92 Å². The van der Waals surface area contributed by atoms with Crippen LogP contribution in [0.25, 0.3) is 6.20 Å². The third-order valence-corrected chi connectivity index (χ3v) is 3.31. The van der Waals surface area contributed by atoms with Crippen LogP contribution >= 0.6 is 0 Å². The van der Waals surface area contributed by atoms with Crippen LogP contribution in [-0.4, -0.2) is 38.2 Å². The molecule has 2 N–H and O–H groups in total. The molecule has 1 aromatic rings. The van der Waals surface area contributed by atoms with Crippen molar-refractivity contribution in [2.24, 2.45) is 0 Å². The van der Waals surface area contributed by atoms with E-state index in [0.717, 1.165) is 16.8 Å². The van der Waals surface area contributed by atoms with Gasteiger partial charge in [-0.3, -0.25) is 9.36 Å². The van der Waals surface area contributed by atoms with E-state index < -0.39 is 29.7 Å². The van der Waals surface area contributed by atoms with Gasteiger partial charge >= 0.3 is 5.69 Å². The topological polar surface area (TPSA) is 117 Å². The van der Waals surface area contributed by atoms with Gasteiger partial charge in [-0.25, -0.2) is 9.36 Å². The molecule has 112 valence electrons. The van der Waals surface area contributed by atoms with Gasteiger partial charge in [0.15, 0.2) is 0 Å². The molecule has 2 rings (SSSR count). The molecule has 8 nitrogen and oxygen atoms in total. The summed E-state index contributed by atoms with van der Waals surface area (Å²) in [5, 5.41) is 27.3. The molecule has 0 bridgehead atoms. The van der Waals surface area contributed by atoms with Crippen LogP contribution in [0.3, 0.4) is 0 Å². The Morgan fingerprint density at radius 3 is 2.86 bits per heavy atom. The number of ether oxygens (including phenoxy) is 1. The summed E-state index contributed by atoms with van der Waals surface area (Å²) >= 11 is 0. The molecule has 1 aliphatic heterocycles. The van der Waals surface area contributed by atoms with Gasteiger partial charge in [0.1, 0.15) is 12.3 Å². The predicted molar refractivity (Wildman–Crippen MR) is 72.3 cm³/mol. The largest absolute Gasteiger partial charge is 0.394 e. The maximum Gasteiger partial charge on any atom is 0.337 e. The second kappa shape index (κ2) is 6.05. The lowest BCUT2D eigenvalue weighted by Gasteiger charge is -2.16. The third-order valence-electron chi connectivity index (χ3n) is 3.31. The molecule has 0 radical (unpaired) electrons. The second-order valence-electron chi connectivity index (χ2n) is 4.74. The smallest absolute Gasteiger partial charge is 0.337 e. The van der Waals surface area contributed by atoms with E-state index in [-0.39, 0.29) is 13.0 Å². The Kier molecular flexibility index (Phi) is 4.37. The molecule has 0 amide bonds. The SMILES string of the molecule is Cc1cn(C2CC(O)C(CO)O2)c(=O)n(C=CC#N)c1=O. The van der Waals surface area contributed by atoms with Crippen LogP contribution in [0.2, 0.25) is 0 Å². The Hall–Kier alpha value is -2.21. The summed E-state index contributed by atoms with van der Waals surface area (Å²) < 4.78 is 7.39. The molecule has 0 spiro atoms. The van der Waals surface area contributed by atoms with E-state index in [2.05, 4.69) is 0 Å². The highest BCUT2D eigenvalue weighted by Crippen LogP contribution is 2.27. The summed E-state index contributed by atoms with van der Waals surface area (Å²) in [4.78, 5) is 24.2. The molecule has 0 aliphatic carbocycles. The van der Waals surface area contributed by atoms with Crippen LogP contribution in [0.1, 0.15) is 18.2 Å². The molecular formula is C13H15N3O5. The van der Waals surface area contributed by atoms with Crippen molar-refractivity contribution in [3.05, 3.63) is 38.7 Å². The lowest BCUT2D eigenvalue weighted by atomic mass is 10.2. The number of rotatable bonds is 3. The third kappa shape index (κ3) is 2.80. The Morgan fingerprint density at radius 2 is 2.29 bits per heavy atom. The van der Waals surface area contributed by atoms with Crippen LogP contribution < -0.4 is 11.2 Å². The van der Waals surface area contributed by atoms with E-state index in [1.165, 1.54) is 17.7 Å². The van der Waals surface area contributed by atoms with Gasteiger partial charge in [0.2, 0.25) is 0 Å². The molecular weight excluding hydrogens is 278 g/mol. The highest BCUT2D eigenvalue weighted by atomic mass is 16.5. The van der Waals surface area contributed by atoms with Crippen molar-refractivity contribution in [1.29, 1.82) is 5.26 Å². The highest BCUT2D eigenvalue weighted by molar-refractivity contribution is 5.29. The molecule has 3 unspecified atom stereocenters. The second-order valence-corrected chi connectivity index (χ2v) is 4.74. The van der Waals surface area contributed by atoms with Gasteiger partial charge in [0.05, 0.1) is 18.8 Å². The van der Waals surface area contributed by atoms with Gasteiger partial charge in [-0.15, -0.1) is 0 Å². The fourth-order valence-corrected chi connectivity index (χ4v) is 2.22. The maximum absolute atomic E-state index is 12.3. The molecule has 1 fully saturated rings. The number of aryl methyl sites for hydroxylation is 1. The molecule has 1 aliphatic rings. The molecule has 2 heterocycles. The first-order valence-corrected chi connectivity index (χ1v) is 6.34. The number of nitrogens with zero attached hydrogens (tertiary/aromatic N) is 3. The number of aliphatic hydroxyl groups is 2. The Morgan fingerprint density at radius 1 is 1.57 bits per heavy atom. The summed E-state index contributed by atoms with van der Waals surface area (Å²) in [6.45, 7) is 1.17. The van der Waals surface area contributed by atoms with Gasteiger partial charge in [-0.2, -0.15) is 5.26 Å².